The molecular weight excluding hydrogens is 673 g/mol. The van der Waals surface area contributed by atoms with Gasteiger partial charge in [0.15, 0.2) is 29.1 Å². The normalized spacial score (nSPS) is 13.7. The first-order valence-corrected chi connectivity index (χ1v) is 19.1. The first-order valence-electron chi connectivity index (χ1n) is 19.1. The second-order valence-corrected chi connectivity index (χ2v) is 14.3. The summed E-state index contributed by atoms with van der Waals surface area (Å²) in [6, 6.07) is 57.0. The maximum atomic E-state index is 5.05. The summed E-state index contributed by atoms with van der Waals surface area (Å²) in [5, 5.41) is 0. The van der Waals surface area contributed by atoms with E-state index in [2.05, 4.69) is 102 Å². The van der Waals surface area contributed by atoms with E-state index >= 15 is 0 Å². The van der Waals surface area contributed by atoms with Gasteiger partial charge in [-0.1, -0.05) is 183 Å². The average Bonchev–Trinajstić information content (AvgIpc) is 3.27. The molecule has 0 atom stereocenters. The molecule has 6 heteroatoms. The van der Waals surface area contributed by atoms with E-state index in [4.69, 9.17) is 24.9 Å². The summed E-state index contributed by atoms with van der Waals surface area (Å²) in [7, 11) is 0. The smallest absolute Gasteiger partial charge is 0.164 e. The Morgan fingerprint density at radius 2 is 0.600 bits per heavy atom. The SMILES string of the molecule is Cc1nc(-c2ccccc2)nc(-c2ccc(C3(c4ccc(-c5nc(-c6ccccc6)nc(-c6ccc(-c7ccccc7)cc6)n5)cc4)CCCCC3)cc2)n1. The van der Waals surface area contributed by atoms with Gasteiger partial charge in [0.2, 0.25) is 0 Å². The van der Waals surface area contributed by atoms with Crippen LogP contribution >= 0.6 is 0 Å². The molecule has 1 aliphatic carbocycles. The molecule has 1 saturated carbocycles. The molecular formula is C49H40N6. The molecule has 0 unspecified atom stereocenters. The van der Waals surface area contributed by atoms with Gasteiger partial charge in [0.25, 0.3) is 0 Å². The van der Waals surface area contributed by atoms with Crippen molar-refractivity contribution >= 4 is 0 Å². The quantitative estimate of drug-likeness (QED) is 0.156. The lowest BCUT2D eigenvalue weighted by Crippen LogP contribution is -2.30. The summed E-state index contributed by atoms with van der Waals surface area (Å²) >= 11 is 0. The molecule has 2 aromatic heterocycles. The monoisotopic (exact) mass is 712 g/mol. The minimum absolute atomic E-state index is 0.0838. The fraction of sp³-hybridized carbons (Fsp3) is 0.143. The average molecular weight is 713 g/mol. The minimum Gasteiger partial charge on any atom is -0.213 e. The molecule has 0 N–H and O–H groups in total. The summed E-state index contributed by atoms with van der Waals surface area (Å²) in [5.41, 5.74) is 9.74. The number of aryl methyl sites for hydroxylation is 1. The van der Waals surface area contributed by atoms with Crippen LogP contribution in [-0.2, 0) is 5.41 Å². The first-order chi connectivity index (χ1) is 27.1. The molecule has 8 aromatic rings. The third-order valence-corrected chi connectivity index (χ3v) is 10.8. The largest absolute Gasteiger partial charge is 0.213 e. The fourth-order valence-corrected chi connectivity index (χ4v) is 7.90. The van der Waals surface area contributed by atoms with Gasteiger partial charge in [0, 0.05) is 33.2 Å². The Kier molecular flexibility index (Phi) is 9.30. The van der Waals surface area contributed by atoms with Crippen LogP contribution in [-0.4, -0.2) is 29.9 Å². The highest BCUT2D eigenvalue weighted by molar-refractivity contribution is 5.71. The van der Waals surface area contributed by atoms with Gasteiger partial charge < -0.3 is 0 Å². The van der Waals surface area contributed by atoms with Crippen LogP contribution in [0.2, 0.25) is 0 Å². The summed E-state index contributed by atoms with van der Waals surface area (Å²) in [5.74, 6) is 4.06. The van der Waals surface area contributed by atoms with E-state index in [-0.39, 0.29) is 5.41 Å². The number of benzene rings is 6. The Hall–Kier alpha value is -6.66. The molecule has 2 heterocycles. The Bertz CT molecular complexity index is 2530. The molecule has 1 fully saturated rings. The van der Waals surface area contributed by atoms with Crippen molar-refractivity contribution in [3.05, 3.63) is 181 Å². The van der Waals surface area contributed by atoms with E-state index in [1.165, 1.54) is 36.0 Å². The van der Waals surface area contributed by atoms with Gasteiger partial charge in [-0.15, -0.1) is 0 Å². The Balaban J connectivity index is 1.05. The lowest BCUT2D eigenvalue weighted by atomic mass is 9.65. The molecule has 9 rings (SSSR count). The third kappa shape index (κ3) is 7.07. The first kappa shape index (κ1) is 34.1. The molecule has 55 heavy (non-hydrogen) atoms. The van der Waals surface area contributed by atoms with E-state index < -0.39 is 0 Å². The molecule has 6 nitrogen and oxygen atoms in total. The standard InChI is InChI=1S/C49H40N6/c1-34-50-44(37-16-8-3-9-17-37)52-45(51-34)40-24-28-42(29-25-40)49(32-12-5-13-33-49)43-30-26-41(27-31-43)48-54-46(38-18-10-4-11-19-38)53-47(55-48)39-22-20-36(21-23-39)35-14-6-2-7-15-35/h2-4,6-11,14-31H,5,12-13,32-33H2,1H3. The topological polar surface area (TPSA) is 77.3 Å². The molecule has 1 aliphatic rings. The highest BCUT2D eigenvalue weighted by Gasteiger charge is 2.35. The van der Waals surface area contributed by atoms with E-state index in [9.17, 15) is 0 Å². The summed E-state index contributed by atoms with van der Waals surface area (Å²) in [4.78, 5) is 29.2. The molecule has 0 spiro atoms. The zero-order valence-corrected chi connectivity index (χ0v) is 30.8. The van der Waals surface area contributed by atoms with Crippen LogP contribution < -0.4 is 0 Å². The van der Waals surface area contributed by atoms with Crippen molar-refractivity contribution < 1.29 is 0 Å². The van der Waals surface area contributed by atoms with Crippen LogP contribution in [0, 0.1) is 6.92 Å². The van der Waals surface area contributed by atoms with Gasteiger partial charge in [-0.3, -0.25) is 0 Å². The van der Waals surface area contributed by atoms with Crippen molar-refractivity contribution in [3.63, 3.8) is 0 Å². The van der Waals surface area contributed by atoms with E-state index in [0.29, 0.717) is 34.9 Å². The molecule has 0 amide bonds. The van der Waals surface area contributed by atoms with Gasteiger partial charge >= 0.3 is 0 Å². The van der Waals surface area contributed by atoms with E-state index in [0.717, 1.165) is 46.2 Å². The maximum Gasteiger partial charge on any atom is 0.164 e. The van der Waals surface area contributed by atoms with Gasteiger partial charge in [-0.2, -0.15) is 0 Å². The lowest BCUT2D eigenvalue weighted by Gasteiger charge is -2.39. The van der Waals surface area contributed by atoms with Gasteiger partial charge in [0.05, 0.1) is 0 Å². The van der Waals surface area contributed by atoms with Gasteiger partial charge in [0.1, 0.15) is 5.82 Å². The predicted octanol–water partition coefficient (Wildman–Crippen LogP) is 11.6. The highest BCUT2D eigenvalue weighted by atomic mass is 15.0. The molecule has 0 aliphatic heterocycles. The van der Waals surface area contributed by atoms with Crippen molar-refractivity contribution in [2.24, 2.45) is 0 Å². The Labute approximate surface area is 322 Å². The highest BCUT2D eigenvalue weighted by Crippen LogP contribution is 2.45. The second-order valence-electron chi connectivity index (χ2n) is 14.3. The number of nitrogens with zero attached hydrogens (tertiary/aromatic N) is 6. The van der Waals surface area contributed by atoms with Crippen LogP contribution in [0.15, 0.2) is 164 Å². The third-order valence-electron chi connectivity index (χ3n) is 10.8. The maximum absolute atomic E-state index is 5.05. The Morgan fingerprint density at radius 3 is 1.00 bits per heavy atom. The van der Waals surface area contributed by atoms with Crippen molar-refractivity contribution in [2.45, 2.75) is 44.4 Å². The minimum atomic E-state index is -0.0838. The van der Waals surface area contributed by atoms with E-state index in [1.807, 2.05) is 73.7 Å². The Morgan fingerprint density at radius 1 is 0.309 bits per heavy atom. The lowest BCUT2D eigenvalue weighted by molar-refractivity contribution is 0.346. The predicted molar refractivity (Wildman–Crippen MR) is 221 cm³/mol. The number of aromatic nitrogens is 6. The number of hydrogen-bond donors (Lipinski definition) is 0. The van der Waals surface area contributed by atoms with E-state index in [1.54, 1.807) is 0 Å². The zero-order valence-electron chi connectivity index (χ0n) is 30.8. The molecule has 266 valence electrons. The summed E-state index contributed by atoms with van der Waals surface area (Å²) < 4.78 is 0. The molecule has 0 bridgehead atoms. The van der Waals surface area contributed by atoms with Crippen LogP contribution in [0.3, 0.4) is 0 Å². The second kappa shape index (κ2) is 15.0. The zero-order chi connectivity index (χ0) is 37.0. The van der Waals surface area contributed by atoms with Crippen molar-refractivity contribution in [1.82, 2.24) is 29.9 Å². The number of hydrogen-bond acceptors (Lipinski definition) is 6. The van der Waals surface area contributed by atoms with Crippen LogP contribution in [0.4, 0.5) is 0 Å². The van der Waals surface area contributed by atoms with Crippen LogP contribution in [0.1, 0.15) is 49.1 Å². The van der Waals surface area contributed by atoms with Gasteiger partial charge in [-0.05, 0) is 42.0 Å². The summed E-state index contributed by atoms with van der Waals surface area (Å²) in [6.45, 7) is 1.93. The number of rotatable bonds is 8. The van der Waals surface area contributed by atoms with Crippen LogP contribution in [0.25, 0.3) is 68.1 Å². The van der Waals surface area contributed by atoms with Crippen molar-refractivity contribution in [3.8, 4) is 68.1 Å². The fourth-order valence-electron chi connectivity index (χ4n) is 7.90. The van der Waals surface area contributed by atoms with Crippen LogP contribution in [0.5, 0.6) is 0 Å². The molecule has 6 aromatic carbocycles. The molecule has 0 saturated heterocycles. The summed E-state index contributed by atoms with van der Waals surface area (Å²) in [6.07, 6.45) is 5.84. The van der Waals surface area contributed by atoms with Gasteiger partial charge in [-0.25, -0.2) is 29.9 Å². The molecule has 0 radical (unpaired) electrons. The van der Waals surface area contributed by atoms with Crippen molar-refractivity contribution in [1.29, 1.82) is 0 Å². The van der Waals surface area contributed by atoms with Crippen molar-refractivity contribution in [2.75, 3.05) is 0 Å².